The zero-order valence-corrected chi connectivity index (χ0v) is 13.1. The zero-order chi connectivity index (χ0) is 13.4. The highest BCUT2D eigenvalue weighted by Crippen LogP contribution is 2.38. The molecule has 2 nitrogen and oxygen atoms in total. The molecule has 0 bridgehead atoms. The molecule has 1 aliphatic heterocycles. The van der Waals surface area contributed by atoms with Crippen molar-refractivity contribution in [1.82, 2.24) is 10.2 Å². The Kier molecular flexibility index (Phi) is 4.08. The van der Waals surface area contributed by atoms with Gasteiger partial charge in [0.15, 0.2) is 0 Å². The van der Waals surface area contributed by atoms with Gasteiger partial charge in [0.25, 0.3) is 0 Å². The maximum atomic E-state index is 3.70. The zero-order valence-electron chi connectivity index (χ0n) is 13.1. The van der Waals surface area contributed by atoms with Gasteiger partial charge < -0.3 is 5.32 Å². The number of piperazine rings is 1. The van der Waals surface area contributed by atoms with E-state index in [2.05, 4.69) is 44.8 Å². The van der Waals surface area contributed by atoms with Crippen LogP contribution in [0.3, 0.4) is 0 Å². The molecular weight excluding hydrogens is 220 g/mol. The summed E-state index contributed by atoms with van der Waals surface area (Å²) >= 11 is 0. The molecule has 1 saturated carbocycles. The largest absolute Gasteiger partial charge is 0.309 e. The second kappa shape index (κ2) is 5.13. The molecule has 1 unspecified atom stereocenters. The van der Waals surface area contributed by atoms with Crippen molar-refractivity contribution in [2.75, 3.05) is 13.1 Å². The maximum Gasteiger partial charge on any atom is 0.0253 e. The third-order valence-electron chi connectivity index (χ3n) is 5.11. The molecule has 0 aromatic carbocycles. The van der Waals surface area contributed by atoms with Gasteiger partial charge >= 0.3 is 0 Å². The molecule has 0 amide bonds. The monoisotopic (exact) mass is 252 g/mol. The molecule has 1 saturated heterocycles. The van der Waals surface area contributed by atoms with E-state index < -0.39 is 0 Å². The summed E-state index contributed by atoms with van der Waals surface area (Å²) in [7, 11) is 0. The number of nitrogens with one attached hydrogen (secondary N) is 1. The van der Waals surface area contributed by atoms with Gasteiger partial charge in [0.2, 0.25) is 0 Å². The number of nitrogens with zero attached hydrogens (tertiary/aromatic N) is 1. The molecule has 0 spiro atoms. The quantitative estimate of drug-likeness (QED) is 0.810. The van der Waals surface area contributed by atoms with E-state index in [1.54, 1.807) is 0 Å². The predicted octanol–water partition coefficient (Wildman–Crippen LogP) is 3.42. The van der Waals surface area contributed by atoms with E-state index in [1.807, 2.05) is 0 Å². The summed E-state index contributed by atoms with van der Waals surface area (Å²) in [6, 6.07) is 1.59. The van der Waals surface area contributed by atoms with Gasteiger partial charge in [-0.2, -0.15) is 0 Å². The molecule has 1 N–H and O–H groups in total. The number of hydrogen-bond acceptors (Lipinski definition) is 2. The van der Waals surface area contributed by atoms with Crippen molar-refractivity contribution in [3.63, 3.8) is 0 Å². The maximum absolute atomic E-state index is 3.70. The van der Waals surface area contributed by atoms with Crippen molar-refractivity contribution >= 4 is 0 Å². The second-order valence-electron chi connectivity index (χ2n) is 7.89. The van der Waals surface area contributed by atoms with Crippen molar-refractivity contribution in [3.8, 4) is 0 Å². The highest BCUT2D eigenvalue weighted by Gasteiger charge is 2.38. The first-order valence-corrected chi connectivity index (χ1v) is 7.84. The van der Waals surface area contributed by atoms with Crippen LogP contribution in [0.25, 0.3) is 0 Å². The van der Waals surface area contributed by atoms with Crippen LogP contribution in [0.4, 0.5) is 0 Å². The van der Waals surface area contributed by atoms with E-state index in [9.17, 15) is 0 Å². The Hall–Kier alpha value is -0.0800. The van der Waals surface area contributed by atoms with Crippen LogP contribution in [-0.4, -0.2) is 35.6 Å². The number of rotatable bonds is 2. The lowest BCUT2D eigenvalue weighted by Gasteiger charge is -2.50. The van der Waals surface area contributed by atoms with Crippen LogP contribution >= 0.6 is 0 Å². The standard InChI is InChI=1S/C16H32N2/c1-6-13-11-17-16(4,5)12-18(13)14-7-9-15(2,3)10-8-14/h13-14,17H,6-12H2,1-5H3. The molecule has 18 heavy (non-hydrogen) atoms. The normalized spacial score (nSPS) is 33.5. The first-order chi connectivity index (χ1) is 8.33. The Morgan fingerprint density at radius 3 is 2.28 bits per heavy atom. The lowest BCUT2D eigenvalue weighted by molar-refractivity contribution is 0.0198. The Morgan fingerprint density at radius 2 is 1.72 bits per heavy atom. The first kappa shape index (κ1) is 14.3. The van der Waals surface area contributed by atoms with Crippen LogP contribution in [0.15, 0.2) is 0 Å². The van der Waals surface area contributed by atoms with Crippen LogP contribution in [0.1, 0.15) is 66.7 Å². The minimum Gasteiger partial charge on any atom is -0.309 e. The van der Waals surface area contributed by atoms with Gasteiger partial charge in [-0.15, -0.1) is 0 Å². The van der Waals surface area contributed by atoms with Crippen LogP contribution < -0.4 is 5.32 Å². The molecule has 1 heterocycles. The predicted molar refractivity (Wildman–Crippen MR) is 78.9 cm³/mol. The first-order valence-electron chi connectivity index (χ1n) is 7.84. The van der Waals surface area contributed by atoms with Gasteiger partial charge in [-0.3, -0.25) is 4.90 Å². The van der Waals surface area contributed by atoms with Crippen molar-refractivity contribution in [3.05, 3.63) is 0 Å². The smallest absolute Gasteiger partial charge is 0.0253 e. The van der Waals surface area contributed by atoms with Gasteiger partial charge in [-0.1, -0.05) is 20.8 Å². The summed E-state index contributed by atoms with van der Waals surface area (Å²) in [6.07, 6.45) is 6.89. The van der Waals surface area contributed by atoms with Crippen molar-refractivity contribution in [2.24, 2.45) is 5.41 Å². The van der Waals surface area contributed by atoms with E-state index in [-0.39, 0.29) is 0 Å². The van der Waals surface area contributed by atoms with E-state index in [4.69, 9.17) is 0 Å². The Bertz CT molecular complexity index is 273. The van der Waals surface area contributed by atoms with Crippen LogP contribution in [-0.2, 0) is 0 Å². The fraction of sp³-hybridized carbons (Fsp3) is 1.00. The molecular formula is C16H32N2. The lowest BCUT2D eigenvalue weighted by Crippen LogP contribution is -2.64. The van der Waals surface area contributed by atoms with Crippen molar-refractivity contribution in [1.29, 1.82) is 0 Å². The van der Waals surface area contributed by atoms with Gasteiger partial charge in [-0.25, -0.2) is 0 Å². The third-order valence-corrected chi connectivity index (χ3v) is 5.11. The summed E-state index contributed by atoms with van der Waals surface area (Å²) in [5.41, 5.74) is 0.875. The fourth-order valence-corrected chi connectivity index (χ4v) is 3.67. The summed E-state index contributed by atoms with van der Waals surface area (Å²) in [6.45, 7) is 14.3. The van der Waals surface area contributed by atoms with E-state index in [0.717, 1.165) is 12.1 Å². The number of hydrogen-bond donors (Lipinski definition) is 1. The van der Waals surface area contributed by atoms with E-state index in [0.29, 0.717) is 11.0 Å². The van der Waals surface area contributed by atoms with E-state index >= 15 is 0 Å². The average molecular weight is 252 g/mol. The van der Waals surface area contributed by atoms with E-state index in [1.165, 1.54) is 45.2 Å². The molecule has 2 rings (SSSR count). The molecule has 0 aromatic heterocycles. The highest BCUT2D eigenvalue weighted by molar-refractivity contribution is 4.96. The van der Waals surface area contributed by atoms with Crippen molar-refractivity contribution in [2.45, 2.75) is 84.3 Å². The van der Waals surface area contributed by atoms with Gasteiger partial charge in [0.05, 0.1) is 0 Å². The lowest BCUT2D eigenvalue weighted by atomic mass is 9.74. The van der Waals surface area contributed by atoms with Crippen molar-refractivity contribution < 1.29 is 0 Å². The summed E-state index contributed by atoms with van der Waals surface area (Å²) in [4.78, 5) is 2.83. The van der Waals surface area contributed by atoms with Crippen LogP contribution in [0.2, 0.25) is 0 Å². The minimum atomic E-state index is 0.290. The van der Waals surface area contributed by atoms with Gasteiger partial charge in [0, 0.05) is 30.7 Å². The van der Waals surface area contributed by atoms with Gasteiger partial charge in [0.1, 0.15) is 0 Å². The van der Waals surface area contributed by atoms with Crippen LogP contribution in [0.5, 0.6) is 0 Å². The van der Waals surface area contributed by atoms with Gasteiger partial charge in [-0.05, 0) is 51.4 Å². The Morgan fingerprint density at radius 1 is 1.11 bits per heavy atom. The molecule has 2 aliphatic rings. The Labute approximate surface area is 114 Å². The topological polar surface area (TPSA) is 15.3 Å². The fourth-order valence-electron chi connectivity index (χ4n) is 3.67. The third kappa shape index (κ3) is 3.27. The molecule has 0 aromatic rings. The Balaban J connectivity index is 2.01. The average Bonchev–Trinajstić information content (AvgIpc) is 2.28. The minimum absolute atomic E-state index is 0.290. The summed E-state index contributed by atoms with van der Waals surface area (Å²) in [5.74, 6) is 0. The summed E-state index contributed by atoms with van der Waals surface area (Å²) < 4.78 is 0. The molecule has 1 aliphatic carbocycles. The molecule has 2 heteroatoms. The second-order valence-corrected chi connectivity index (χ2v) is 7.89. The molecule has 0 radical (unpaired) electrons. The molecule has 2 fully saturated rings. The molecule has 106 valence electrons. The highest BCUT2D eigenvalue weighted by atomic mass is 15.3. The molecule has 1 atom stereocenters. The SMILES string of the molecule is CCC1CNC(C)(C)CN1C1CCC(C)(C)CC1. The summed E-state index contributed by atoms with van der Waals surface area (Å²) in [5, 5.41) is 3.70. The van der Waals surface area contributed by atoms with Crippen LogP contribution in [0, 0.1) is 5.41 Å².